The van der Waals surface area contributed by atoms with Gasteiger partial charge >= 0.3 is 0 Å². The molecule has 0 aliphatic rings. The lowest BCUT2D eigenvalue weighted by Gasteiger charge is -2.25. The molecule has 0 saturated heterocycles. The molecule has 0 saturated carbocycles. The second-order valence-corrected chi connectivity index (χ2v) is 6.52. The molecule has 0 spiro atoms. The Morgan fingerprint density at radius 2 is 0.893 bits per heavy atom. The fourth-order valence-electron chi connectivity index (χ4n) is 3.12. The first-order valence-electron chi connectivity index (χ1n) is 9.27. The van der Waals surface area contributed by atoms with Crippen LogP contribution in [0.1, 0.15) is 11.1 Å². The molecule has 4 aromatic carbocycles. The third kappa shape index (κ3) is 4.13. The van der Waals surface area contributed by atoms with Gasteiger partial charge in [0.2, 0.25) is 0 Å². The number of phenols is 1. The van der Waals surface area contributed by atoms with Crippen LogP contribution in [0.25, 0.3) is 12.2 Å². The van der Waals surface area contributed by atoms with Gasteiger partial charge in [-0.15, -0.1) is 0 Å². The van der Waals surface area contributed by atoms with Gasteiger partial charge in [0.15, 0.2) is 0 Å². The van der Waals surface area contributed by atoms with E-state index in [4.69, 9.17) is 0 Å². The number of nitrogens with zero attached hydrogens (tertiary/aromatic N) is 1. The number of benzene rings is 4. The van der Waals surface area contributed by atoms with Crippen molar-refractivity contribution < 1.29 is 5.11 Å². The molecule has 0 amide bonds. The Hall–Kier alpha value is -3.78. The summed E-state index contributed by atoms with van der Waals surface area (Å²) in [6.07, 6.45) is 4.23. The van der Waals surface area contributed by atoms with Gasteiger partial charge in [-0.1, -0.05) is 72.8 Å². The predicted molar refractivity (Wildman–Crippen MR) is 118 cm³/mol. The number of aromatic hydroxyl groups is 1. The third-order valence-corrected chi connectivity index (χ3v) is 4.54. The van der Waals surface area contributed by atoms with Crippen molar-refractivity contribution in [2.24, 2.45) is 0 Å². The Balaban J connectivity index is 1.65. The van der Waals surface area contributed by atoms with E-state index in [1.54, 1.807) is 12.1 Å². The highest BCUT2D eigenvalue weighted by Gasteiger charge is 2.11. The lowest BCUT2D eigenvalue weighted by atomic mass is 10.1. The van der Waals surface area contributed by atoms with Crippen molar-refractivity contribution in [2.45, 2.75) is 0 Å². The van der Waals surface area contributed by atoms with Gasteiger partial charge in [0.25, 0.3) is 0 Å². The van der Waals surface area contributed by atoms with Crippen LogP contribution in [0.4, 0.5) is 17.1 Å². The molecule has 0 unspecified atom stereocenters. The summed E-state index contributed by atoms with van der Waals surface area (Å²) in [6, 6.07) is 36.2. The average molecular weight is 363 g/mol. The van der Waals surface area contributed by atoms with Gasteiger partial charge in [-0.25, -0.2) is 0 Å². The van der Waals surface area contributed by atoms with E-state index < -0.39 is 0 Å². The van der Waals surface area contributed by atoms with E-state index in [2.05, 4.69) is 65.6 Å². The molecule has 0 atom stereocenters. The van der Waals surface area contributed by atoms with Crippen molar-refractivity contribution in [2.75, 3.05) is 4.90 Å². The molecule has 0 aromatic heterocycles. The standard InChI is InChI=1S/C26H21NO/c28-26-19-17-25(18-20-26)27(23-9-5-2-6-10-23)24-15-13-22(14-16-24)12-11-21-7-3-1-4-8-21/h1-20,28H. The summed E-state index contributed by atoms with van der Waals surface area (Å²) in [7, 11) is 0. The number of phenolic OH excluding ortho intramolecular Hbond substituents is 1. The second kappa shape index (κ2) is 8.28. The number of anilines is 3. The van der Waals surface area contributed by atoms with E-state index in [1.807, 2.05) is 48.5 Å². The summed E-state index contributed by atoms with van der Waals surface area (Å²) >= 11 is 0. The average Bonchev–Trinajstić information content (AvgIpc) is 2.76. The Morgan fingerprint density at radius 1 is 0.464 bits per heavy atom. The topological polar surface area (TPSA) is 23.5 Å². The van der Waals surface area contributed by atoms with E-state index in [0.717, 1.165) is 22.6 Å². The smallest absolute Gasteiger partial charge is 0.115 e. The quantitative estimate of drug-likeness (QED) is 0.385. The normalized spacial score (nSPS) is 10.9. The van der Waals surface area contributed by atoms with Crippen molar-refractivity contribution in [3.8, 4) is 5.75 Å². The van der Waals surface area contributed by atoms with Crippen molar-refractivity contribution in [3.05, 3.63) is 120 Å². The zero-order valence-corrected chi connectivity index (χ0v) is 15.4. The molecule has 0 aliphatic heterocycles. The highest BCUT2D eigenvalue weighted by atomic mass is 16.3. The second-order valence-electron chi connectivity index (χ2n) is 6.52. The molecule has 0 fully saturated rings. The maximum atomic E-state index is 9.64. The molecule has 2 heteroatoms. The maximum Gasteiger partial charge on any atom is 0.115 e. The Morgan fingerprint density at radius 3 is 1.46 bits per heavy atom. The first-order valence-corrected chi connectivity index (χ1v) is 9.27. The summed E-state index contributed by atoms with van der Waals surface area (Å²) in [5, 5.41) is 9.64. The lowest BCUT2D eigenvalue weighted by Crippen LogP contribution is -2.09. The SMILES string of the molecule is Oc1ccc(N(c2ccccc2)c2ccc(C=Cc3ccccc3)cc2)cc1. The van der Waals surface area contributed by atoms with Gasteiger partial charge in [-0.05, 0) is 59.7 Å². The number of rotatable bonds is 5. The van der Waals surface area contributed by atoms with Crippen LogP contribution in [0.5, 0.6) is 5.75 Å². The predicted octanol–water partition coefficient (Wildman–Crippen LogP) is 7.03. The van der Waals surface area contributed by atoms with Crippen LogP contribution < -0.4 is 4.90 Å². The summed E-state index contributed by atoms with van der Waals surface area (Å²) in [6.45, 7) is 0. The van der Waals surface area contributed by atoms with Gasteiger partial charge in [-0.2, -0.15) is 0 Å². The fraction of sp³-hybridized carbons (Fsp3) is 0. The molecular formula is C26H21NO. The molecule has 4 rings (SSSR count). The zero-order valence-electron chi connectivity index (χ0n) is 15.4. The van der Waals surface area contributed by atoms with E-state index in [1.165, 1.54) is 5.56 Å². The first kappa shape index (κ1) is 17.6. The maximum absolute atomic E-state index is 9.64. The minimum absolute atomic E-state index is 0.262. The Bertz CT molecular complexity index is 1040. The van der Waals surface area contributed by atoms with E-state index >= 15 is 0 Å². The van der Waals surface area contributed by atoms with Crippen LogP contribution in [0.3, 0.4) is 0 Å². The van der Waals surface area contributed by atoms with Gasteiger partial charge in [0, 0.05) is 17.1 Å². The number of hydrogen-bond donors (Lipinski definition) is 1. The van der Waals surface area contributed by atoms with Crippen LogP contribution in [-0.4, -0.2) is 5.11 Å². The van der Waals surface area contributed by atoms with Crippen molar-refractivity contribution >= 4 is 29.2 Å². The highest BCUT2D eigenvalue weighted by Crippen LogP contribution is 2.35. The van der Waals surface area contributed by atoms with Gasteiger partial charge in [0.1, 0.15) is 5.75 Å². The number of para-hydroxylation sites is 1. The minimum Gasteiger partial charge on any atom is -0.508 e. The summed E-state index contributed by atoms with van der Waals surface area (Å²) in [5.74, 6) is 0.262. The molecule has 4 aromatic rings. The molecule has 0 aliphatic carbocycles. The van der Waals surface area contributed by atoms with E-state index in [-0.39, 0.29) is 5.75 Å². The van der Waals surface area contributed by atoms with Crippen LogP contribution in [0.2, 0.25) is 0 Å². The van der Waals surface area contributed by atoms with Crippen LogP contribution >= 0.6 is 0 Å². The molecular weight excluding hydrogens is 342 g/mol. The molecule has 28 heavy (non-hydrogen) atoms. The van der Waals surface area contributed by atoms with E-state index in [9.17, 15) is 5.11 Å². The fourth-order valence-corrected chi connectivity index (χ4v) is 3.12. The Kier molecular flexibility index (Phi) is 5.21. The molecule has 0 heterocycles. The number of hydrogen-bond acceptors (Lipinski definition) is 2. The van der Waals surface area contributed by atoms with Gasteiger partial charge in [0.05, 0.1) is 0 Å². The molecule has 0 bridgehead atoms. The lowest BCUT2D eigenvalue weighted by molar-refractivity contribution is 0.475. The molecule has 136 valence electrons. The highest BCUT2D eigenvalue weighted by molar-refractivity contribution is 5.78. The van der Waals surface area contributed by atoms with Crippen molar-refractivity contribution in [3.63, 3.8) is 0 Å². The Labute approximate surface area is 165 Å². The van der Waals surface area contributed by atoms with Crippen LogP contribution in [0, 0.1) is 0 Å². The first-order chi connectivity index (χ1) is 13.8. The van der Waals surface area contributed by atoms with Gasteiger partial charge < -0.3 is 10.0 Å². The zero-order chi connectivity index (χ0) is 19.2. The monoisotopic (exact) mass is 363 g/mol. The third-order valence-electron chi connectivity index (χ3n) is 4.54. The van der Waals surface area contributed by atoms with Gasteiger partial charge in [-0.3, -0.25) is 0 Å². The molecule has 2 nitrogen and oxygen atoms in total. The van der Waals surface area contributed by atoms with E-state index in [0.29, 0.717) is 0 Å². The summed E-state index contributed by atoms with van der Waals surface area (Å²) < 4.78 is 0. The van der Waals surface area contributed by atoms with Crippen molar-refractivity contribution in [1.82, 2.24) is 0 Å². The largest absolute Gasteiger partial charge is 0.508 e. The molecule has 0 radical (unpaired) electrons. The van der Waals surface area contributed by atoms with Crippen LogP contribution in [-0.2, 0) is 0 Å². The van der Waals surface area contributed by atoms with Crippen LogP contribution in [0.15, 0.2) is 109 Å². The summed E-state index contributed by atoms with van der Waals surface area (Å²) in [5.41, 5.74) is 5.46. The van der Waals surface area contributed by atoms with Crippen molar-refractivity contribution in [1.29, 1.82) is 0 Å². The minimum atomic E-state index is 0.262. The summed E-state index contributed by atoms with van der Waals surface area (Å²) in [4.78, 5) is 2.17. The molecule has 1 N–H and O–H groups in total.